The average molecular weight is 416 g/mol. The Labute approximate surface area is 171 Å². The zero-order valence-electron chi connectivity index (χ0n) is 15.2. The van der Waals surface area contributed by atoms with E-state index in [4.69, 9.17) is 22.1 Å². The number of aromatic hydroxyl groups is 1. The van der Waals surface area contributed by atoms with Gasteiger partial charge in [-0.1, -0.05) is 23.7 Å². The van der Waals surface area contributed by atoms with Crippen molar-refractivity contribution < 1.29 is 14.6 Å². The molecule has 1 heterocycles. The minimum Gasteiger partial charge on any atom is -0.507 e. The van der Waals surface area contributed by atoms with Crippen molar-refractivity contribution in [2.45, 2.75) is 6.92 Å². The summed E-state index contributed by atoms with van der Waals surface area (Å²) in [5, 5.41) is 14.8. The van der Waals surface area contributed by atoms with Crippen LogP contribution in [0.5, 0.6) is 11.5 Å². The van der Waals surface area contributed by atoms with E-state index in [0.717, 1.165) is 10.4 Å². The fourth-order valence-electron chi connectivity index (χ4n) is 2.53. The second-order valence-electron chi connectivity index (χ2n) is 5.92. The fourth-order valence-corrected chi connectivity index (χ4v) is 3.63. The van der Waals surface area contributed by atoms with Gasteiger partial charge in [-0.3, -0.25) is 4.79 Å². The van der Waals surface area contributed by atoms with Gasteiger partial charge in [-0.25, -0.2) is 5.43 Å². The van der Waals surface area contributed by atoms with Crippen LogP contribution in [-0.2, 0) is 0 Å². The van der Waals surface area contributed by atoms with Gasteiger partial charge in [0.1, 0.15) is 16.4 Å². The van der Waals surface area contributed by atoms with Gasteiger partial charge in [-0.15, -0.1) is 11.3 Å². The number of rotatable bonds is 5. The van der Waals surface area contributed by atoms with Crippen molar-refractivity contribution in [2.24, 2.45) is 5.10 Å². The number of thiophene rings is 1. The lowest BCUT2D eigenvalue weighted by Gasteiger charge is -2.07. The van der Waals surface area contributed by atoms with E-state index in [1.54, 1.807) is 37.3 Å². The van der Waals surface area contributed by atoms with Gasteiger partial charge >= 0.3 is 0 Å². The van der Waals surface area contributed by atoms with Gasteiger partial charge in [-0.05, 0) is 42.8 Å². The van der Waals surface area contributed by atoms with Crippen LogP contribution in [0, 0.1) is 0 Å². The van der Waals surface area contributed by atoms with E-state index in [0.29, 0.717) is 32.6 Å². The number of phenolic OH excluding ortho intramolecular Hbond substituents is 1. The SMILES string of the molecule is COc1ccc(/C(C)=N/NC(=O)c2sc(-c3ccc(Cl)cc3)cc2N)c(O)c1. The van der Waals surface area contributed by atoms with Crippen molar-refractivity contribution in [1.82, 2.24) is 5.43 Å². The molecule has 1 amide bonds. The van der Waals surface area contributed by atoms with Crippen LogP contribution in [0.25, 0.3) is 10.4 Å². The molecule has 3 aromatic rings. The predicted octanol–water partition coefficient (Wildman–Crippen LogP) is 4.52. The van der Waals surface area contributed by atoms with E-state index in [2.05, 4.69) is 10.5 Å². The molecule has 0 aliphatic heterocycles. The Morgan fingerprint density at radius 2 is 1.93 bits per heavy atom. The van der Waals surface area contributed by atoms with Gasteiger partial charge in [0.05, 0.1) is 18.5 Å². The quantitative estimate of drug-likeness (QED) is 0.421. The molecule has 4 N–H and O–H groups in total. The molecule has 0 aliphatic carbocycles. The Bertz CT molecular complexity index is 1050. The third-order valence-corrected chi connectivity index (χ3v) is 5.47. The molecule has 1 aromatic heterocycles. The van der Waals surface area contributed by atoms with Gasteiger partial charge in [0.15, 0.2) is 0 Å². The maximum atomic E-state index is 12.5. The molecule has 0 bridgehead atoms. The first-order valence-electron chi connectivity index (χ1n) is 8.26. The van der Waals surface area contributed by atoms with Crippen molar-refractivity contribution in [1.29, 1.82) is 0 Å². The van der Waals surface area contributed by atoms with Crippen LogP contribution < -0.4 is 15.9 Å². The van der Waals surface area contributed by atoms with Crippen molar-refractivity contribution in [3.05, 3.63) is 64.0 Å². The maximum absolute atomic E-state index is 12.5. The Morgan fingerprint density at radius 3 is 2.57 bits per heavy atom. The standard InChI is InChI=1S/C20H18ClN3O3S/c1-11(15-8-7-14(27-2)9-17(15)25)23-24-20(26)19-16(22)10-18(28-19)12-3-5-13(21)6-4-12/h3-10,25H,22H2,1-2H3,(H,24,26)/b23-11+. The lowest BCUT2D eigenvalue weighted by molar-refractivity contribution is 0.0959. The number of phenols is 1. The highest BCUT2D eigenvalue weighted by atomic mass is 35.5. The Balaban J connectivity index is 1.78. The average Bonchev–Trinajstić information content (AvgIpc) is 3.08. The smallest absolute Gasteiger partial charge is 0.283 e. The lowest BCUT2D eigenvalue weighted by atomic mass is 10.1. The largest absolute Gasteiger partial charge is 0.507 e. The number of nitrogens with one attached hydrogen (secondary N) is 1. The number of methoxy groups -OCH3 is 1. The summed E-state index contributed by atoms with van der Waals surface area (Å²) in [4.78, 5) is 13.7. The fraction of sp³-hybridized carbons (Fsp3) is 0.100. The third-order valence-electron chi connectivity index (χ3n) is 4.02. The summed E-state index contributed by atoms with van der Waals surface area (Å²) in [5.41, 5.74) is 10.7. The Morgan fingerprint density at radius 1 is 1.21 bits per heavy atom. The van der Waals surface area contributed by atoms with Gasteiger partial charge in [0.2, 0.25) is 0 Å². The summed E-state index contributed by atoms with van der Waals surface area (Å²) >= 11 is 7.18. The highest BCUT2D eigenvalue weighted by Crippen LogP contribution is 2.33. The van der Waals surface area contributed by atoms with E-state index in [-0.39, 0.29) is 5.75 Å². The number of anilines is 1. The molecule has 0 atom stereocenters. The number of carbonyl (C=O) groups is 1. The number of ether oxygens (including phenoxy) is 1. The van der Waals surface area contributed by atoms with Crippen LogP contribution in [0.4, 0.5) is 5.69 Å². The second kappa shape index (κ2) is 8.33. The molecular weight excluding hydrogens is 398 g/mol. The van der Waals surface area contributed by atoms with E-state index >= 15 is 0 Å². The monoisotopic (exact) mass is 415 g/mol. The number of halogens is 1. The van der Waals surface area contributed by atoms with E-state index in [1.165, 1.54) is 24.5 Å². The number of amides is 1. The van der Waals surface area contributed by atoms with E-state index in [9.17, 15) is 9.90 Å². The molecule has 0 saturated carbocycles. The van der Waals surface area contributed by atoms with Crippen molar-refractivity contribution in [3.8, 4) is 21.9 Å². The van der Waals surface area contributed by atoms with Gasteiger partial charge in [-0.2, -0.15) is 5.10 Å². The zero-order chi connectivity index (χ0) is 20.3. The number of hydrazone groups is 1. The topological polar surface area (TPSA) is 96.9 Å². The Kier molecular flexibility index (Phi) is 5.87. The van der Waals surface area contributed by atoms with Crippen molar-refractivity contribution in [3.63, 3.8) is 0 Å². The molecule has 0 radical (unpaired) electrons. The van der Waals surface area contributed by atoms with Crippen LogP contribution in [0.3, 0.4) is 0 Å². The molecule has 8 heteroatoms. The summed E-state index contributed by atoms with van der Waals surface area (Å²) in [6.45, 7) is 1.68. The molecule has 0 unspecified atom stereocenters. The van der Waals surface area contributed by atoms with Gasteiger partial charge in [0, 0.05) is 21.5 Å². The zero-order valence-corrected chi connectivity index (χ0v) is 16.8. The molecule has 3 rings (SSSR count). The first-order chi connectivity index (χ1) is 13.4. The predicted molar refractivity (Wildman–Crippen MR) is 114 cm³/mol. The molecule has 0 spiro atoms. The third kappa shape index (κ3) is 4.27. The molecule has 144 valence electrons. The summed E-state index contributed by atoms with van der Waals surface area (Å²) in [6.07, 6.45) is 0. The number of hydrogen-bond donors (Lipinski definition) is 3. The van der Waals surface area contributed by atoms with Crippen LogP contribution in [0.1, 0.15) is 22.2 Å². The number of hydrogen-bond acceptors (Lipinski definition) is 6. The number of benzene rings is 2. The first-order valence-corrected chi connectivity index (χ1v) is 9.45. The molecule has 28 heavy (non-hydrogen) atoms. The van der Waals surface area contributed by atoms with Crippen molar-refractivity contribution >= 4 is 40.2 Å². The summed E-state index contributed by atoms with van der Waals surface area (Å²) in [5.74, 6) is 0.116. The van der Waals surface area contributed by atoms with Crippen molar-refractivity contribution in [2.75, 3.05) is 12.8 Å². The Hall–Kier alpha value is -3.03. The molecule has 6 nitrogen and oxygen atoms in total. The van der Waals surface area contributed by atoms with E-state index < -0.39 is 5.91 Å². The van der Waals surface area contributed by atoms with Gasteiger partial charge < -0.3 is 15.6 Å². The molecule has 0 aliphatic rings. The minimum atomic E-state index is -0.421. The minimum absolute atomic E-state index is 0.00973. The highest BCUT2D eigenvalue weighted by Gasteiger charge is 2.15. The number of nitrogens with two attached hydrogens (primary N) is 1. The second-order valence-corrected chi connectivity index (χ2v) is 7.41. The van der Waals surface area contributed by atoms with Gasteiger partial charge in [0.25, 0.3) is 5.91 Å². The molecule has 0 saturated heterocycles. The van der Waals surface area contributed by atoms with Crippen LogP contribution >= 0.6 is 22.9 Å². The number of carbonyl (C=O) groups excluding carboxylic acids is 1. The summed E-state index contributed by atoms with van der Waals surface area (Å²) in [7, 11) is 1.51. The molecular formula is C20H18ClN3O3S. The highest BCUT2D eigenvalue weighted by molar-refractivity contribution is 7.18. The maximum Gasteiger partial charge on any atom is 0.283 e. The van der Waals surface area contributed by atoms with Crippen LogP contribution in [-0.4, -0.2) is 23.8 Å². The summed E-state index contributed by atoms with van der Waals surface area (Å²) in [6, 6.07) is 13.9. The number of nitrogens with zero attached hydrogens (tertiary/aromatic N) is 1. The lowest BCUT2D eigenvalue weighted by Crippen LogP contribution is -2.19. The number of nitrogen functional groups attached to an aromatic ring is 1. The van der Waals surface area contributed by atoms with Crippen LogP contribution in [0.2, 0.25) is 5.02 Å². The normalized spacial score (nSPS) is 11.3. The van der Waals surface area contributed by atoms with E-state index in [1.807, 2.05) is 12.1 Å². The molecule has 0 fully saturated rings. The van der Waals surface area contributed by atoms with Crippen LogP contribution in [0.15, 0.2) is 53.6 Å². The molecule has 2 aromatic carbocycles. The first kappa shape index (κ1) is 19.7. The summed E-state index contributed by atoms with van der Waals surface area (Å²) < 4.78 is 5.05.